The molecular formula is C14H22N4. The van der Waals surface area contributed by atoms with Gasteiger partial charge in [-0.2, -0.15) is 0 Å². The average molecular weight is 246 g/mol. The summed E-state index contributed by atoms with van der Waals surface area (Å²) in [6.45, 7) is 4.00. The Morgan fingerprint density at radius 2 is 2.22 bits per heavy atom. The van der Waals surface area contributed by atoms with Crippen LogP contribution in [0, 0.1) is 0 Å². The Kier molecular flexibility index (Phi) is 3.99. The van der Waals surface area contributed by atoms with Crippen molar-refractivity contribution in [2.24, 2.45) is 12.8 Å². The van der Waals surface area contributed by atoms with Crippen LogP contribution >= 0.6 is 0 Å². The van der Waals surface area contributed by atoms with Gasteiger partial charge in [0, 0.05) is 26.2 Å². The lowest BCUT2D eigenvalue weighted by Gasteiger charge is -2.18. The Bertz CT molecular complexity index is 515. The van der Waals surface area contributed by atoms with Crippen LogP contribution in [0.15, 0.2) is 24.5 Å². The number of nitrogens with two attached hydrogens (primary N) is 1. The van der Waals surface area contributed by atoms with E-state index in [-0.39, 0.29) is 6.04 Å². The summed E-state index contributed by atoms with van der Waals surface area (Å²) in [6, 6.07) is 6.73. The van der Waals surface area contributed by atoms with Crippen molar-refractivity contribution in [2.45, 2.75) is 19.4 Å². The van der Waals surface area contributed by atoms with Crippen LogP contribution in [0.4, 0.5) is 0 Å². The number of rotatable bonds is 5. The maximum Gasteiger partial charge on any atom is 0.0955 e. The fraction of sp³-hybridized carbons (Fsp3) is 0.500. The summed E-state index contributed by atoms with van der Waals surface area (Å²) in [5.74, 6) is 0. The predicted molar refractivity (Wildman–Crippen MR) is 75.6 cm³/mol. The molecule has 98 valence electrons. The zero-order valence-electron chi connectivity index (χ0n) is 11.4. The van der Waals surface area contributed by atoms with Crippen molar-refractivity contribution in [3.05, 3.63) is 30.1 Å². The van der Waals surface area contributed by atoms with Gasteiger partial charge in [-0.3, -0.25) is 0 Å². The molecular weight excluding hydrogens is 224 g/mol. The Morgan fingerprint density at radius 3 is 2.94 bits per heavy atom. The molecule has 0 saturated carbocycles. The minimum atomic E-state index is 0.230. The first-order valence-electron chi connectivity index (χ1n) is 6.40. The molecule has 0 aliphatic rings. The number of aryl methyl sites for hydroxylation is 1. The van der Waals surface area contributed by atoms with Gasteiger partial charge in [-0.05, 0) is 38.1 Å². The van der Waals surface area contributed by atoms with Crippen molar-refractivity contribution in [1.29, 1.82) is 0 Å². The van der Waals surface area contributed by atoms with Gasteiger partial charge in [0.2, 0.25) is 0 Å². The third-order valence-corrected chi connectivity index (χ3v) is 3.17. The third kappa shape index (κ3) is 3.09. The molecule has 1 aromatic heterocycles. The molecule has 2 aromatic rings. The molecule has 0 aliphatic heterocycles. The van der Waals surface area contributed by atoms with E-state index in [1.54, 1.807) is 0 Å². The number of nitrogens with zero attached hydrogens (tertiary/aromatic N) is 3. The summed E-state index contributed by atoms with van der Waals surface area (Å²) in [4.78, 5) is 6.65. The highest BCUT2D eigenvalue weighted by atomic mass is 15.1. The number of aromatic nitrogens is 2. The van der Waals surface area contributed by atoms with E-state index in [2.05, 4.69) is 35.1 Å². The van der Waals surface area contributed by atoms with Crippen LogP contribution in [0.3, 0.4) is 0 Å². The van der Waals surface area contributed by atoms with Gasteiger partial charge in [0.15, 0.2) is 0 Å². The van der Waals surface area contributed by atoms with Crippen molar-refractivity contribution < 1.29 is 0 Å². The molecule has 1 unspecified atom stereocenters. The summed E-state index contributed by atoms with van der Waals surface area (Å²) >= 11 is 0. The SMILES string of the molecule is CC(N)CN(C)CCc1ccc2c(c1)ncn2C. The van der Waals surface area contributed by atoms with Gasteiger partial charge in [-0.1, -0.05) is 6.07 Å². The van der Waals surface area contributed by atoms with Gasteiger partial charge in [0.25, 0.3) is 0 Å². The second-order valence-electron chi connectivity index (χ2n) is 5.17. The smallest absolute Gasteiger partial charge is 0.0955 e. The van der Waals surface area contributed by atoms with Crippen molar-refractivity contribution in [3.8, 4) is 0 Å². The van der Waals surface area contributed by atoms with Crippen LogP contribution < -0.4 is 5.73 Å². The molecule has 0 radical (unpaired) electrons. The lowest BCUT2D eigenvalue weighted by atomic mass is 10.1. The van der Waals surface area contributed by atoms with Gasteiger partial charge < -0.3 is 15.2 Å². The van der Waals surface area contributed by atoms with Gasteiger partial charge in [0.1, 0.15) is 0 Å². The molecule has 2 rings (SSSR count). The van der Waals surface area contributed by atoms with Crippen LogP contribution in [0.2, 0.25) is 0 Å². The molecule has 0 fully saturated rings. The van der Waals surface area contributed by atoms with Gasteiger partial charge in [-0.15, -0.1) is 0 Å². The quantitative estimate of drug-likeness (QED) is 0.867. The van der Waals surface area contributed by atoms with Crippen LogP contribution in [0.1, 0.15) is 12.5 Å². The van der Waals surface area contributed by atoms with E-state index in [0.29, 0.717) is 0 Å². The fourth-order valence-electron chi connectivity index (χ4n) is 2.24. The molecule has 0 bridgehead atoms. The second kappa shape index (κ2) is 5.50. The van der Waals surface area contributed by atoms with E-state index < -0.39 is 0 Å². The number of hydrogen-bond acceptors (Lipinski definition) is 3. The van der Waals surface area contributed by atoms with Gasteiger partial charge >= 0.3 is 0 Å². The topological polar surface area (TPSA) is 47.1 Å². The van der Waals surface area contributed by atoms with Crippen molar-refractivity contribution >= 4 is 11.0 Å². The normalized spacial score (nSPS) is 13.4. The Balaban J connectivity index is 1.99. The summed E-state index contributed by atoms with van der Waals surface area (Å²) in [6.07, 6.45) is 2.90. The lowest BCUT2D eigenvalue weighted by Crippen LogP contribution is -2.34. The fourth-order valence-corrected chi connectivity index (χ4v) is 2.24. The average Bonchev–Trinajstić information content (AvgIpc) is 2.67. The molecule has 0 saturated heterocycles. The van der Waals surface area contributed by atoms with Crippen molar-refractivity contribution in [2.75, 3.05) is 20.1 Å². The van der Waals surface area contributed by atoms with Crippen LogP contribution in [0.25, 0.3) is 11.0 Å². The van der Waals surface area contributed by atoms with E-state index in [0.717, 1.165) is 25.0 Å². The zero-order chi connectivity index (χ0) is 13.1. The first kappa shape index (κ1) is 13.1. The van der Waals surface area contributed by atoms with Gasteiger partial charge in [-0.25, -0.2) is 4.98 Å². The number of imidazole rings is 1. The van der Waals surface area contributed by atoms with Crippen molar-refractivity contribution in [1.82, 2.24) is 14.5 Å². The Labute approximate surface area is 108 Å². The monoisotopic (exact) mass is 246 g/mol. The minimum absolute atomic E-state index is 0.230. The molecule has 4 nitrogen and oxygen atoms in total. The van der Waals surface area contributed by atoms with E-state index in [9.17, 15) is 0 Å². The molecule has 1 heterocycles. The maximum absolute atomic E-state index is 5.79. The predicted octanol–water partition coefficient (Wildman–Crippen LogP) is 1.39. The van der Waals surface area contributed by atoms with Crippen LogP contribution in [0.5, 0.6) is 0 Å². The summed E-state index contributed by atoms with van der Waals surface area (Å²) < 4.78 is 2.04. The summed E-state index contributed by atoms with van der Waals surface area (Å²) in [7, 11) is 4.13. The zero-order valence-corrected chi connectivity index (χ0v) is 11.4. The molecule has 1 atom stereocenters. The number of fused-ring (bicyclic) bond motifs is 1. The first-order chi connectivity index (χ1) is 8.56. The van der Waals surface area contributed by atoms with E-state index in [1.165, 1.54) is 11.1 Å². The summed E-state index contributed by atoms with van der Waals surface area (Å²) in [5.41, 5.74) is 9.37. The number of likely N-dealkylation sites (N-methyl/N-ethyl adjacent to an activating group) is 1. The largest absolute Gasteiger partial charge is 0.334 e. The molecule has 4 heteroatoms. The first-order valence-corrected chi connectivity index (χ1v) is 6.40. The molecule has 0 amide bonds. The number of benzene rings is 1. The molecule has 2 N–H and O–H groups in total. The molecule has 18 heavy (non-hydrogen) atoms. The Morgan fingerprint density at radius 1 is 1.44 bits per heavy atom. The van der Waals surface area contributed by atoms with Gasteiger partial charge in [0.05, 0.1) is 17.4 Å². The van der Waals surface area contributed by atoms with Crippen LogP contribution in [-0.4, -0.2) is 40.6 Å². The van der Waals surface area contributed by atoms with E-state index in [1.807, 2.05) is 24.9 Å². The van der Waals surface area contributed by atoms with Crippen molar-refractivity contribution in [3.63, 3.8) is 0 Å². The number of hydrogen-bond donors (Lipinski definition) is 1. The highest BCUT2D eigenvalue weighted by Crippen LogP contribution is 2.14. The van der Waals surface area contributed by atoms with Crippen LogP contribution in [-0.2, 0) is 13.5 Å². The highest BCUT2D eigenvalue weighted by Gasteiger charge is 2.04. The molecule has 1 aromatic carbocycles. The molecule has 0 spiro atoms. The van der Waals surface area contributed by atoms with E-state index in [4.69, 9.17) is 5.73 Å². The lowest BCUT2D eigenvalue weighted by molar-refractivity contribution is 0.321. The highest BCUT2D eigenvalue weighted by molar-refractivity contribution is 5.75. The minimum Gasteiger partial charge on any atom is -0.334 e. The van der Waals surface area contributed by atoms with E-state index >= 15 is 0 Å². The molecule has 0 aliphatic carbocycles. The Hall–Kier alpha value is -1.39. The standard InChI is InChI=1S/C14H22N4/c1-11(15)9-17(2)7-6-12-4-5-14-13(8-12)16-10-18(14)3/h4-5,8,10-11H,6-7,9,15H2,1-3H3. The second-order valence-corrected chi connectivity index (χ2v) is 5.17. The maximum atomic E-state index is 5.79. The summed E-state index contributed by atoms with van der Waals surface area (Å²) in [5, 5.41) is 0. The third-order valence-electron chi connectivity index (χ3n) is 3.17.